The maximum Gasteiger partial charge on any atom is 0.401 e. The lowest BCUT2D eigenvalue weighted by Crippen LogP contribution is -2.36. The normalized spacial score (nSPS) is 13.2. The van der Waals surface area contributed by atoms with Crippen molar-refractivity contribution in [1.82, 2.24) is 4.90 Å². The van der Waals surface area contributed by atoms with Crippen LogP contribution in [0, 0.1) is 0 Å². The number of halogens is 3. The molecule has 0 aromatic carbocycles. The van der Waals surface area contributed by atoms with E-state index >= 15 is 0 Å². The second-order valence-corrected chi connectivity index (χ2v) is 3.65. The quantitative estimate of drug-likeness (QED) is 0.723. The van der Waals surface area contributed by atoms with Crippen LogP contribution in [0.25, 0.3) is 0 Å². The van der Waals surface area contributed by atoms with Crippen molar-refractivity contribution in [2.24, 2.45) is 0 Å². The van der Waals surface area contributed by atoms with Crippen molar-refractivity contribution in [3.05, 3.63) is 11.6 Å². The predicted molar refractivity (Wildman–Crippen MR) is 54.2 cm³/mol. The van der Waals surface area contributed by atoms with Gasteiger partial charge in [0.05, 0.1) is 6.54 Å². The highest BCUT2D eigenvalue weighted by molar-refractivity contribution is 5.80. The number of carboxylic acid groups (broad SMARTS) is 1. The third kappa shape index (κ3) is 8.28. The van der Waals surface area contributed by atoms with Crippen LogP contribution < -0.4 is 0 Å². The molecule has 0 aromatic rings. The Morgan fingerprint density at radius 3 is 2.38 bits per heavy atom. The first kappa shape index (κ1) is 15.0. The Morgan fingerprint density at radius 1 is 1.44 bits per heavy atom. The Balaban J connectivity index is 4.39. The number of carboxylic acids is 1. The largest absolute Gasteiger partial charge is 0.478 e. The number of alkyl halides is 3. The van der Waals surface area contributed by atoms with E-state index in [1.165, 1.54) is 11.8 Å². The zero-order valence-electron chi connectivity index (χ0n) is 9.34. The zero-order chi connectivity index (χ0) is 12.8. The van der Waals surface area contributed by atoms with Gasteiger partial charge in [0.1, 0.15) is 0 Å². The monoisotopic (exact) mass is 239 g/mol. The molecule has 0 rings (SSSR count). The minimum atomic E-state index is -4.25. The molecular formula is C10H16F3NO2. The van der Waals surface area contributed by atoms with Gasteiger partial charge in [-0.3, -0.25) is 4.90 Å². The van der Waals surface area contributed by atoms with Crippen LogP contribution >= 0.6 is 0 Å². The SMILES string of the molecule is CCCN(CC(C)=CC(=O)O)CC(F)(F)F. The van der Waals surface area contributed by atoms with Crippen LogP contribution in [-0.2, 0) is 4.79 Å². The summed E-state index contributed by atoms with van der Waals surface area (Å²) in [4.78, 5) is 11.5. The van der Waals surface area contributed by atoms with Gasteiger partial charge in [0, 0.05) is 12.6 Å². The van der Waals surface area contributed by atoms with Gasteiger partial charge in [0.15, 0.2) is 0 Å². The molecule has 16 heavy (non-hydrogen) atoms. The Kier molecular flexibility index (Phi) is 6.10. The van der Waals surface area contributed by atoms with Gasteiger partial charge >= 0.3 is 12.1 Å². The topological polar surface area (TPSA) is 40.5 Å². The van der Waals surface area contributed by atoms with Crippen molar-refractivity contribution in [2.45, 2.75) is 26.4 Å². The van der Waals surface area contributed by atoms with Gasteiger partial charge in [-0.05, 0) is 19.9 Å². The summed E-state index contributed by atoms with van der Waals surface area (Å²) in [7, 11) is 0. The van der Waals surface area contributed by atoms with Gasteiger partial charge in [0.25, 0.3) is 0 Å². The van der Waals surface area contributed by atoms with Gasteiger partial charge < -0.3 is 5.11 Å². The lowest BCUT2D eigenvalue weighted by molar-refractivity contribution is -0.144. The molecule has 0 bridgehead atoms. The van der Waals surface area contributed by atoms with E-state index in [4.69, 9.17) is 5.11 Å². The van der Waals surface area contributed by atoms with Crippen molar-refractivity contribution in [3.63, 3.8) is 0 Å². The van der Waals surface area contributed by atoms with E-state index in [2.05, 4.69) is 0 Å². The fourth-order valence-corrected chi connectivity index (χ4v) is 1.39. The van der Waals surface area contributed by atoms with E-state index < -0.39 is 18.7 Å². The summed E-state index contributed by atoms with van der Waals surface area (Å²) in [6.45, 7) is 2.60. The third-order valence-corrected chi connectivity index (χ3v) is 1.79. The first-order chi connectivity index (χ1) is 7.24. The Bertz CT molecular complexity index is 261. The molecule has 0 atom stereocenters. The summed E-state index contributed by atoms with van der Waals surface area (Å²) in [5.41, 5.74) is 0.408. The highest BCUT2D eigenvalue weighted by atomic mass is 19.4. The smallest absolute Gasteiger partial charge is 0.401 e. The Hall–Kier alpha value is -1.04. The Morgan fingerprint density at radius 2 is 2.00 bits per heavy atom. The summed E-state index contributed by atoms with van der Waals surface area (Å²) in [5.74, 6) is -1.14. The number of aliphatic carboxylic acids is 1. The van der Waals surface area contributed by atoms with Crippen LogP contribution in [0.3, 0.4) is 0 Å². The van der Waals surface area contributed by atoms with E-state index in [1.807, 2.05) is 0 Å². The maximum absolute atomic E-state index is 12.2. The zero-order valence-corrected chi connectivity index (χ0v) is 9.34. The summed E-state index contributed by atoms with van der Waals surface area (Å²) >= 11 is 0. The average molecular weight is 239 g/mol. The van der Waals surface area contributed by atoms with Crippen LogP contribution in [0.2, 0.25) is 0 Å². The molecule has 0 spiro atoms. The minimum absolute atomic E-state index is 0.0274. The Labute approximate surface area is 92.5 Å². The van der Waals surface area contributed by atoms with E-state index in [0.29, 0.717) is 18.5 Å². The second kappa shape index (κ2) is 6.52. The van der Waals surface area contributed by atoms with Crippen molar-refractivity contribution in [1.29, 1.82) is 0 Å². The van der Waals surface area contributed by atoms with Crippen LogP contribution in [0.15, 0.2) is 11.6 Å². The van der Waals surface area contributed by atoms with Crippen LogP contribution in [-0.4, -0.2) is 41.8 Å². The van der Waals surface area contributed by atoms with E-state index in [9.17, 15) is 18.0 Å². The summed E-state index contributed by atoms with van der Waals surface area (Å²) in [6, 6.07) is 0. The maximum atomic E-state index is 12.2. The molecule has 0 aliphatic carbocycles. The fraction of sp³-hybridized carbons (Fsp3) is 0.700. The highest BCUT2D eigenvalue weighted by Crippen LogP contribution is 2.17. The van der Waals surface area contributed by atoms with Gasteiger partial charge in [-0.25, -0.2) is 4.79 Å². The van der Waals surface area contributed by atoms with Crippen LogP contribution in [0.4, 0.5) is 13.2 Å². The van der Waals surface area contributed by atoms with Crippen molar-refractivity contribution in [2.75, 3.05) is 19.6 Å². The molecule has 94 valence electrons. The molecule has 0 saturated heterocycles. The van der Waals surface area contributed by atoms with Crippen LogP contribution in [0.5, 0.6) is 0 Å². The number of nitrogens with zero attached hydrogens (tertiary/aromatic N) is 1. The van der Waals surface area contributed by atoms with E-state index in [1.54, 1.807) is 6.92 Å². The van der Waals surface area contributed by atoms with Crippen molar-refractivity contribution >= 4 is 5.97 Å². The summed E-state index contributed by atoms with van der Waals surface area (Å²) in [5, 5.41) is 8.44. The average Bonchev–Trinajstić information content (AvgIpc) is 1.98. The predicted octanol–water partition coefficient (Wildman–Crippen LogP) is 2.29. The molecule has 0 aliphatic rings. The lowest BCUT2D eigenvalue weighted by Gasteiger charge is -2.23. The van der Waals surface area contributed by atoms with Gasteiger partial charge in [-0.2, -0.15) is 13.2 Å². The molecular weight excluding hydrogens is 223 g/mol. The van der Waals surface area contributed by atoms with Crippen molar-refractivity contribution < 1.29 is 23.1 Å². The highest BCUT2D eigenvalue weighted by Gasteiger charge is 2.30. The standard InChI is InChI=1S/C10H16F3NO2/c1-3-4-14(7-10(11,12)13)6-8(2)5-9(15)16/h5H,3-4,6-7H2,1-2H3,(H,15,16). The molecule has 0 aliphatic heterocycles. The molecule has 0 aromatic heterocycles. The number of hydrogen-bond donors (Lipinski definition) is 1. The fourth-order valence-electron chi connectivity index (χ4n) is 1.39. The second-order valence-electron chi connectivity index (χ2n) is 3.65. The first-order valence-corrected chi connectivity index (χ1v) is 4.93. The van der Waals surface area contributed by atoms with Gasteiger partial charge in [0.2, 0.25) is 0 Å². The lowest BCUT2D eigenvalue weighted by atomic mass is 10.2. The summed E-state index contributed by atoms with van der Waals surface area (Å²) < 4.78 is 36.5. The molecule has 1 N–H and O–H groups in total. The molecule has 0 heterocycles. The first-order valence-electron chi connectivity index (χ1n) is 4.93. The number of rotatable bonds is 6. The molecule has 6 heteroatoms. The molecule has 0 fully saturated rings. The van der Waals surface area contributed by atoms with Crippen LogP contribution in [0.1, 0.15) is 20.3 Å². The molecule has 0 amide bonds. The van der Waals surface area contributed by atoms with Crippen molar-refractivity contribution in [3.8, 4) is 0 Å². The van der Waals surface area contributed by atoms with Gasteiger partial charge in [-0.15, -0.1) is 0 Å². The molecule has 0 unspecified atom stereocenters. The molecule has 0 radical (unpaired) electrons. The van der Waals surface area contributed by atoms with E-state index in [-0.39, 0.29) is 6.54 Å². The number of hydrogen-bond acceptors (Lipinski definition) is 2. The third-order valence-electron chi connectivity index (χ3n) is 1.79. The minimum Gasteiger partial charge on any atom is -0.478 e. The van der Waals surface area contributed by atoms with Gasteiger partial charge in [-0.1, -0.05) is 12.5 Å². The van der Waals surface area contributed by atoms with E-state index in [0.717, 1.165) is 6.08 Å². The molecule has 3 nitrogen and oxygen atoms in total. The number of carbonyl (C=O) groups is 1. The molecule has 0 saturated carbocycles. The summed E-state index contributed by atoms with van der Waals surface area (Å²) in [6.07, 6.45) is -2.73.